The van der Waals surface area contributed by atoms with Gasteiger partial charge in [0.2, 0.25) is 15.9 Å². The zero-order valence-corrected chi connectivity index (χ0v) is 13.2. The van der Waals surface area contributed by atoms with Crippen LogP contribution in [0.2, 0.25) is 0 Å². The van der Waals surface area contributed by atoms with E-state index in [1.807, 2.05) is 0 Å². The molecule has 108 valence electrons. The minimum absolute atomic E-state index is 0.0727. The summed E-state index contributed by atoms with van der Waals surface area (Å²) >= 11 is 3.16. The van der Waals surface area contributed by atoms with Crippen molar-refractivity contribution in [1.82, 2.24) is 14.7 Å². The van der Waals surface area contributed by atoms with Crippen LogP contribution in [0, 0.1) is 6.92 Å². The van der Waals surface area contributed by atoms with Gasteiger partial charge in [0.15, 0.2) is 0 Å². The molecule has 2 heterocycles. The van der Waals surface area contributed by atoms with E-state index in [1.54, 1.807) is 13.8 Å². The minimum atomic E-state index is -3.82. The van der Waals surface area contributed by atoms with E-state index in [0.29, 0.717) is 10.2 Å². The number of oxazole rings is 1. The molecule has 20 heavy (non-hydrogen) atoms. The molecular formula is C11H13BrN4O3S. The van der Waals surface area contributed by atoms with Gasteiger partial charge in [-0.2, -0.15) is 4.72 Å². The molecule has 0 saturated heterocycles. The number of nitrogens with zero attached hydrogens (tertiary/aromatic N) is 2. The van der Waals surface area contributed by atoms with Crippen LogP contribution in [0.5, 0.6) is 0 Å². The fraction of sp³-hybridized carbons (Fsp3) is 0.273. The van der Waals surface area contributed by atoms with Crippen LogP contribution >= 0.6 is 15.9 Å². The highest BCUT2D eigenvalue weighted by atomic mass is 79.9. The first-order valence-electron chi connectivity index (χ1n) is 5.65. The Hall–Kier alpha value is -1.45. The number of nitrogens with two attached hydrogens (primary N) is 1. The Morgan fingerprint density at radius 1 is 1.40 bits per heavy atom. The third kappa shape index (κ3) is 3.17. The minimum Gasteiger partial charge on any atom is -0.444 e. The monoisotopic (exact) mass is 360 g/mol. The van der Waals surface area contributed by atoms with Crippen LogP contribution in [0.25, 0.3) is 0 Å². The first-order chi connectivity index (χ1) is 9.29. The first-order valence-corrected chi connectivity index (χ1v) is 7.93. The standard InChI is InChI=1S/C11H13BrN4O3S/c1-6-4-15-11(19-6)7(2)16-20(17,18)9-3-8(12)5-14-10(9)13/h3-5,7,16H,1-2H3,(H2,13,14). The molecular weight excluding hydrogens is 348 g/mol. The van der Waals surface area contributed by atoms with Gasteiger partial charge in [-0.15, -0.1) is 0 Å². The van der Waals surface area contributed by atoms with E-state index < -0.39 is 16.1 Å². The van der Waals surface area contributed by atoms with E-state index in [9.17, 15) is 8.42 Å². The lowest BCUT2D eigenvalue weighted by Crippen LogP contribution is -2.28. The van der Waals surface area contributed by atoms with Gasteiger partial charge >= 0.3 is 0 Å². The summed E-state index contributed by atoms with van der Waals surface area (Å²) < 4.78 is 32.8. The summed E-state index contributed by atoms with van der Waals surface area (Å²) in [5, 5.41) is 0. The largest absolute Gasteiger partial charge is 0.444 e. The van der Waals surface area contributed by atoms with Crippen molar-refractivity contribution in [3.63, 3.8) is 0 Å². The molecule has 0 aromatic carbocycles. The number of hydrogen-bond donors (Lipinski definition) is 2. The third-order valence-electron chi connectivity index (χ3n) is 2.48. The van der Waals surface area contributed by atoms with Gasteiger partial charge in [0, 0.05) is 10.7 Å². The van der Waals surface area contributed by atoms with E-state index >= 15 is 0 Å². The Bertz CT molecular complexity index is 729. The molecule has 2 rings (SSSR count). The van der Waals surface area contributed by atoms with Crippen LogP contribution in [0.1, 0.15) is 24.6 Å². The Balaban J connectivity index is 2.29. The Morgan fingerprint density at radius 2 is 2.10 bits per heavy atom. The number of nitrogens with one attached hydrogen (secondary N) is 1. The van der Waals surface area contributed by atoms with E-state index in [4.69, 9.17) is 10.2 Å². The van der Waals surface area contributed by atoms with Crippen LogP contribution in [0.4, 0.5) is 5.82 Å². The Labute approximate surface area is 124 Å². The van der Waals surface area contributed by atoms with Crippen LogP contribution < -0.4 is 10.5 Å². The molecule has 9 heteroatoms. The summed E-state index contributed by atoms with van der Waals surface area (Å²) in [5.74, 6) is 0.818. The number of hydrogen-bond acceptors (Lipinski definition) is 6. The molecule has 0 spiro atoms. The Kier molecular flexibility index (Phi) is 4.11. The normalized spacial score (nSPS) is 13.3. The average Bonchev–Trinajstić information content (AvgIpc) is 2.78. The number of rotatable bonds is 4. The van der Waals surface area contributed by atoms with Crippen molar-refractivity contribution in [1.29, 1.82) is 0 Å². The first kappa shape index (κ1) is 14.9. The van der Waals surface area contributed by atoms with Crippen molar-refractivity contribution in [3.05, 3.63) is 34.6 Å². The summed E-state index contributed by atoms with van der Waals surface area (Å²) in [7, 11) is -3.82. The lowest BCUT2D eigenvalue weighted by Gasteiger charge is -2.12. The van der Waals surface area contributed by atoms with Gasteiger partial charge in [-0.25, -0.2) is 18.4 Å². The maximum Gasteiger partial charge on any atom is 0.244 e. The molecule has 0 bridgehead atoms. The molecule has 0 amide bonds. The predicted octanol–water partition coefficient (Wildman–Crippen LogP) is 1.76. The van der Waals surface area contributed by atoms with Gasteiger partial charge in [0.1, 0.15) is 16.5 Å². The van der Waals surface area contributed by atoms with Gasteiger partial charge in [-0.3, -0.25) is 0 Å². The second kappa shape index (κ2) is 5.51. The fourth-order valence-corrected chi connectivity index (χ4v) is 3.35. The average molecular weight is 361 g/mol. The van der Waals surface area contributed by atoms with E-state index in [1.165, 1.54) is 18.5 Å². The highest BCUT2D eigenvalue weighted by molar-refractivity contribution is 9.10. The zero-order chi connectivity index (χ0) is 14.9. The van der Waals surface area contributed by atoms with Crippen LogP contribution in [-0.4, -0.2) is 18.4 Å². The van der Waals surface area contributed by atoms with E-state index in [0.717, 1.165) is 0 Å². The van der Waals surface area contributed by atoms with Crippen molar-refractivity contribution in [2.75, 3.05) is 5.73 Å². The summed E-state index contributed by atoms with van der Waals surface area (Å²) in [6.07, 6.45) is 2.95. The molecule has 0 aliphatic carbocycles. The number of halogens is 1. The Morgan fingerprint density at radius 3 is 2.70 bits per heavy atom. The highest BCUT2D eigenvalue weighted by Crippen LogP contribution is 2.22. The lowest BCUT2D eigenvalue weighted by atomic mass is 10.4. The smallest absolute Gasteiger partial charge is 0.244 e. The van der Waals surface area contributed by atoms with Gasteiger partial charge in [0.25, 0.3) is 0 Å². The van der Waals surface area contributed by atoms with E-state index in [2.05, 4.69) is 30.6 Å². The molecule has 1 unspecified atom stereocenters. The third-order valence-corrected chi connectivity index (χ3v) is 4.48. The van der Waals surface area contributed by atoms with Crippen molar-refractivity contribution in [2.45, 2.75) is 24.8 Å². The quantitative estimate of drug-likeness (QED) is 0.859. The van der Waals surface area contributed by atoms with E-state index in [-0.39, 0.29) is 16.6 Å². The molecule has 0 aliphatic rings. The molecule has 1 atom stereocenters. The molecule has 7 nitrogen and oxygen atoms in total. The van der Waals surface area contributed by atoms with Gasteiger partial charge in [0.05, 0.1) is 12.2 Å². The van der Waals surface area contributed by atoms with Crippen molar-refractivity contribution in [3.8, 4) is 0 Å². The molecule has 2 aromatic rings. The highest BCUT2D eigenvalue weighted by Gasteiger charge is 2.24. The number of anilines is 1. The van der Waals surface area contributed by atoms with Gasteiger partial charge < -0.3 is 10.2 Å². The lowest BCUT2D eigenvalue weighted by molar-refractivity contribution is 0.428. The SMILES string of the molecule is Cc1cnc(C(C)NS(=O)(=O)c2cc(Br)cnc2N)o1. The molecule has 3 N–H and O–H groups in total. The summed E-state index contributed by atoms with van der Waals surface area (Å²) in [4.78, 5) is 7.69. The summed E-state index contributed by atoms with van der Waals surface area (Å²) in [6, 6.07) is 0.769. The molecule has 0 fully saturated rings. The maximum absolute atomic E-state index is 12.3. The number of nitrogen functional groups attached to an aromatic ring is 1. The van der Waals surface area contributed by atoms with Crippen molar-refractivity contribution in [2.24, 2.45) is 0 Å². The van der Waals surface area contributed by atoms with Crippen molar-refractivity contribution >= 4 is 31.8 Å². The van der Waals surface area contributed by atoms with Crippen molar-refractivity contribution < 1.29 is 12.8 Å². The van der Waals surface area contributed by atoms with Gasteiger partial charge in [-0.1, -0.05) is 0 Å². The molecule has 0 saturated carbocycles. The second-order valence-corrected chi connectivity index (χ2v) is 6.79. The topological polar surface area (TPSA) is 111 Å². The number of pyridine rings is 1. The number of sulfonamides is 1. The molecule has 0 aliphatic heterocycles. The fourth-order valence-electron chi connectivity index (χ4n) is 1.57. The zero-order valence-electron chi connectivity index (χ0n) is 10.8. The van der Waals surface area contributed by atoms with Crippen LogP contribution in [-0.2, 0) is 10.0 Å². The maximum atomic E-state index is 12.3. The molecule has 0 radical (unpaired) electrons. The summed E-state index contributed by atoms with van der Waals surface area (Å²) in [6.45, 7) is 3.36. The molecule has 2 aromatic heterocycles. The predicted molar refractivity (Wildman–Crippen MR) is 76.3 cm³/mol. The second-order valence-electron chi connectivity index (χ2n) is 4.19. The van der Waals surface area contributed by atoms with Crippen LogP contribution in [0.15, 0.2) is 32.2 Å². The van der Waals surface area contributed by atoms with Crippen LogP contribution in [0.3, 0.4) is 0 Å². The number of aromatic nitrogens is 2. The van der Waals surface area contributed by atoms with Gasteiger partial charge in [-0.05, 0) is 35.8 Å². The summed E-state index contributed by atoms with van der Waals surface area (Å²) in [5.41, 5.74) is 5.60. The number of aryl methyl sites for hydroxylation is 1.